The van der Waals surface area contributed by atoms with Crippen molar-refractivity contribution in [2.24, 2.45) is 0 Å². The summed E-state index contributed by atoms with van der Waals surface area (Å²) in [6.07, 6.45) is 2.86. The van der Waals surface area contributed by atoms with E-state index in [-0.39, 0.29) is 0 Å². The molecule has 0 unspecified atom stereocenters. The van der Waals surface area contributed by atoms with E-state index in [2.05, 4.69) is 23.6 Å². The summed E-state index contributed by atoms with van der Waals surface area (Å²) in [4.78, 5) is 5.28. The average molecular weight is 168 g/mol. The second kappa shape index (κ2) is 3.35. The minimum absolute atomic E-state index is 0.743. The van der Waals surface area contributed by atoms with E-state index in [0.717, 1.165) is 12.1 Å². The third-order valence-corrected chi connectivity index (χ3v) is 3.35. The molecule has 70 valence electrons. The first-order chi connectivity index (χ1) is 5.77. The predicted octanol–water partition coefficient (Wildman–Crippen LogP) is 1.17. The van der Waals surface area contributed by atoms with Gasteiger partial charge in [-0.25, -0.2) is 0 Å². The highest BCUT2D eigenvalue weighted by atomic mass is 15.3. The maximum atomic E-state index is 2.67. The molecule has 2 aliphatic rings. The lowest BCUT2D eigenvalue weighted by molar-refractivity contribution is 0.0827. The summed E-state index contributed by atoms with van der Waals surface area (Å²) in [6.45, 7) is 9.89. The summed E-state index contributed by atoms with van der Waals surface area (Å²) in [5.41, 5.74) is 0. The first-order valence-corrected chi connectivity index (χ1v) is 5.25. The smallest absolute Gasteiger partial charge is 0.0224 e. The largest absolute Gasteiger partial charge is 0.298 e. The van der Waals surface area contributed by atoms with Crippen LogP contribution in [0.1, 0.15) is 26.7 Å². The summed E-state index contributed by atoms with van der Waals surface area (Å²) < 4.78 is 0. The van der Waals surface area contributed by atoms with Crippen LogP contribution in [0, 0.1) is 0 Å². The van der Waals surface area contributed by atoms with Gasteiger partial charge in [-0.2, -0.15) is 0 Å². The maximum Gasteiger partial charge on any atom is 0.0224 e. The molecule has 12 heavy (non-hydrogen) atoms. The van der Waals surface area contributed by atoms with Gasteiger partial charge in [0, 0.05) is 31.7 Å². The third kappa shape index (κ3) is 1.50. The second-order valence-corrected chi connectivity index (χ2v) is 4.42. The molecule has 2 aliphatic heterocycles. The molecular formula is C10H20N2. The molecule has 2 rings (SSSR count). The van der Waals surface area contributed by atoms with Crippen LogP contribution in [0.2, 0.25) is 0 Å². The monoisotopic (exact) mass is 168 g/mol. The Labute approximate surface area is 75.5 Å². The Kier molecular flexibility index (Phi) is 2.37. The van der Waals surface area contributed by atoms with Crippen molar-refractivity contribution in [3.63, 3.8) is 0 Å². The molecule has 2 saturated heterocycles. The Morgan fingerprint density at radius 3 is 2.75 bits per heavy atom. The van der Waals surface area contributed by atoms with Gasteiger partial charge < -0.3 is 0 Å². The van der Waals surface area contributed by atoms with Gasteiger partial charge in [0.1, 0.15) is 0 Å². The zero-order valence-electron chi connectivity index (χ0n) is 8.29. The highest BCUT2D eigenvalue weighted by Crippen LogP contribution is 2.22. The van der Waals surface area contributed by atoms with Crippen LogP contribution in [0.5, 0.6) is 0 Å². The molecule has 0 aromatic rings. The predicted molar refractivity (Wildman–Crippen MR) is 51.3 cm³/mol. The zero-order chi connectivity index (χ0) is 8.55. The van der Waals surface area contributed by atoms with Crippen molar-refractivity contribution in [1.82, 2.24) is 9.80 Å². The normalized spacial score (nSPS) is 32.8. The van der Waals surface area contributed by atoms with Crippen molar-refractivity contribution in [1.29, 1.82) is 0 Å². The molecule has 2 heterocycles. The number of fused-ring (bicyclic) bond motifs is 1. The molecule has 0 amide bonds. The topological polar surface area (TPSA) is 6.48 Å². The van der Waals surface area contributed by atoms with E-state index in [4.69, 9.17) is 0 Å². The molecule has 0 radical (unpaired) electrons. The first-order valence-electron chi connectivity index (χ1n) is 5.25. The van der Waals surface area contributed by atoms with Crippen LogP contribution >= 0.6 is 0 Å². The van der Waals surface area contributed by atoms with Crippen molar-refractivity contribution in [2.75, 3.05) is 26.2 Å². The van der Waals surface area contributed by atoms with Gasteiger partial charge in [0.15, 0.2) is 0 Å². The molecule has 0 aliphatic carbocycles. The Bertz CT molecular complexity index is 156. The highest BCUT2D eigenvalue weighted by Gasteiger charge is 2.30. The van der Waals surface area contributed by atoms with Gasteiger partial charge in [-0.15, -0.1) is 0 Å². The average Bonchev–Trinajstić information content (AvgIpc) is 2.49. The molecule has 0 saturated carbocycles. The Morgan fingerprint density at radius 1 is 1.17 bits per heavy atom. The Hall–Kier alpha value is -0.0800. The quantitative estimate of drug-likeness (QED) is 0.580. The van der Waals surface area contributed by atoms with Crippen LogP contribution in [0.3, 0.4) is 0 Å². The van der Waals surface area contributed by atoms with Gasteiger partial charge in [-0.3, -0.25) is 9.80 Å². The van der Waals surface area contributed by atoms with E-state index < -0.39 is 0 Å². The van der Waals surface area contributed by atoms with Crippen molar-refractivity contribution in [3.8, 4) is 0 Å². The molecule has 0 aromatic heterocycles. The molecule has 2 fully saturated rings. The summed E-state index contributed by atoms with van der Waals surface area (Å²) in [7, 11) is 0. The SMILES string of the molecule is CC(C)N1CCN2CCC[C@@H]2C1. The van der Waals surface area contributed by atoms with E-state index >= 15 is 0 Å². The number of rotatable bonds is 1. The number of nitrogens with zero attached hydrogens (tertiary/aromatic N) is 2. The van der Waals surface area contributed by atoms with Crippen molar-refractivity contribution >= 4 is 0 Å². The summed E-state index contributed by atoms with van der Waals surface area (Å²) in [6, 6.07) is 1.63. The lowest BCUT2D eigenvalue weighted by Gasteiger charge is -2.39. The minimum Gasteiger partial charge on any atom is -0.298 e. The van der Waals surface area contributed by atoms with Gasteiger partial charge in [0.2, 0.25) is 0 Å². The third-order valence-electron chi connectivity index (χ3n) is 3.35. The maximum absolute atomic E-state index is 2.67. The molecular weight excluding hydrogens is 148 g/mol. The standard InChI is InChI=1S/C10H20N2/c1-9(2)12-7-6-11-5-3-4-10(11)8-12/h9-10H,3-8H2,1-2H3/t10-/m1/s1. The van der Waals surface area contributed by atoms with E-state index in [9.17, 15) is 0 Å². The van der Waals surface area contributed by atoms with Crippen LogP contribution < -0.4 is 0 Å². The lowest BCUT2D eigenvalue weighted by atomic mass is 10.1. The fourth-order valence-electron chi connectivity index (χ4n) is 2.48. The van der Waals surface area contributed by atoms with Crippen LogP contribution in [-0.2, 0) is 0 Å². The van der Waals surface area contributed by atoms with Crippen molar-refractivity contribution in [2.45, 2.75) is 38.8 Å². The van der Waals surface area contributed by atoms with Crippen molar-refractivity contribution < 1.29 is 0 Å². The lowest BCUT2D eigenvalue weighted by Crippen LogP contribution is -2.52. The number of hydrogen-bond acceptors (Lipinski definition) is 2. The number of piperazine rings is 1. The highest BCUT2D eigenvalue weighted by molar-refractivity contribution is 4.87. The Balaban J connectivity index is 1.92. The molecule has 1 atom stereocenters. The summed E-state index contributed by atoms with van der Waals surface area (Å²) >= 11 is 0. The fourth-order valence-corrected chi connectivity index (χ4v) is 2.48. The van der Waals surface area contributed by atoms with E-state index in [1.165, 1.54) is 39.0 Å². The molecule has 2 heteroatoms. The van der Waals surface area contributed by atoms with Crippen molar-refractivity contribution in [3.05, 3.63) is 0 Å². The van der Waals surface area contributed by atoms with E-state index in [0.29, 0.717) is 0 Å². The molecule has 0 spiro atoms. The zero-order valence-corrected chi connectivity index (χ0v) is 8.29. The summed E-state index contributed by atoms with van der Waals surface area (Å²) in [5.74, 6) is 0. The second-order valence-electron chi connectivity index (χ2n) is 4.42. The molecule has 0 bridgehead atoms. The van der Waals surface area contributed by atoms with E-state index in [1.807, 2.05) is 0 Å². The van der Waals surface area contributed by atoms with Crippen LogP contribution in [-0.4, -0.2) is 48.1 Å². The molecule has 0 aromatic carbocycles. The fraction of sp³-hybridized carbons (Fsp3) is 1.00. The minimum atomic E-state index is 0.743. The molecule has 2 nitrogen and oxygen atoms in total. The van der Waals surface area contributed by atoms with Gasteiger partial charge >= 0.3 is 0 Å². The number of hydrogen-bond donors (Lipinski definition) is 0. The van der Waals surface area contributed by atoms with Crippen LogP contribution in [0.4, 0.5) is 0 Å². The molecule has 0 N–H and O–H groups in total. The summed E-state index contributed by atoms with van der Waals surface area (Å²) in [5, 5.41) is 0. The van der Waals surface area contributed by atoms with Gasteiger partial charge in [-0.1, -0.05) is 0 Å². The van der Waals surface area contributed by atoms with Gasteiger partial charge in [-0.05, 0) is 33.2 Å². The first kappa shape index (κ1) is 8.52. The van der Waals surface area contributed by atoms with E-state index in [1.54, 1.807) is 0 Å². The Morgan fingerprint density at radius 2 is 2.00 bits per heavy atom. The van der Waals surface area contributed by atoms with Gasteiger partial charge in [0.05, 0.1) is 0 Å². The van der Waals surface area contributed by atoms with Gasteiger partial charge in [0.25, 0.3) is 0 Å². The van der Waals surface area contributed by atoms with Crippen LogP contribution in [0.15, 0.2) is 0 Å². The van der Waals surface area contributed by atoms with Crippen LogP contribution in [0.25, 0.3) is 0 Å².